The summed E-state index contributed by atoms with van der Waals surface area (Å²) < 4.78 is 2.58. The molecule has 5 rings (SSSR count). The molecule has 3 heterocycles. The number of hydrogen-bond donors (Lipinski definition) is 0. The first-order valence-electron chi connectivity index (χ1n) is 10.6. The molecule has 8 heteroatoms. The van der Waals surface area contributed by atoms with Crippen molar-refractivity contribution < 1.29 is 4.79 Å². The number of benzene rings is 2. The number of thiophene rings is 1. The van der Waals surface area contributed by atoms with Crippen LogP contribution in [0.5, 0.6) is 0 Å². The number of anilines is 1. The largest absolute Gasteiger partial charge is 0.298 e. The Morgan fingerprint density at radius 2 is 1.94 bits per heavy atom. The summed E-state index contributed by atoms with van der Waals surface area (Å²) in [5.41, 5.74) is 4.11. The van der Waals surface area contributed by atoms with Crippen molar-refractivity contribution in [2.24, 2.45) is 0 Å². The lowest BCUT2D eigenvalue weighted by molar-refractivity contribution is -0.119. The quantitative estimate of drug-likeness (QED) is 0.335. The third kappa shape index (κ3) is 4.31. The normalized spacial score (nSPS) is 11.3. The molecule has 0 aliphatic rings. The van der Waals surface area contributed by atoms with Gasteiger partial charge < -0.3 is 0 Å². The number of fused-ring (bicyclic) bond motifs is 2. The SMILES string of the molecule is Cc1cc(C)c2nc(N(Cc3ccccc3)C(=O)CCn3cnc4sccc4c3=O)sc2c1. The highest BCUT2D eigenvalue weighted by Gasteiger charge is 2.21. The van der Waals surface area contributed by atoms with Crippen molar-refractivity contribution in [3.63, 3.8) is 0 Å². The molecule has 0 fully saturated rings. The van der Waals surface area contributed by atoms with Crippen LogP contribution in [-0.4, -0.2) is 20.4 Å². The zero-order valence-corrected chi connectivity index (χ0v) is 19.9. The maximum absolute atomic E-state index is 13.4. The van der Waals surface area contributed by atoms with Crippen LogP contribution in [0.1, 0.15) is 23.1 Å². The van der Waals surface area contributed by atoms with Gasteiger partial charge in [-0.2, -0.15) is 0 Å². The van der Waals surface area contributed by atoms with E-state index >= 15 is 0 Å². The second-order valence-corrected chi connectivity index (χ2v) is 9.93. The van der Waals surface area contributed by atoms with Crippen LogP contribution in [0.4, 0.5) is 5.13 Å². The van der Waals surface area contributed by atoms with Gasteiger partial charge in [0, 0.05) is 13.0 Å². The van der Waals surface area contributed by atoms with E-state index in [1.54, 1.807) is 11.0 Å². The van der Waals surface area contributed by atoms with Gasteiger partial charge in [-0.3, -0.25) is 19.1 Å². The molecule has 0 spiro atoms. The molecule has 0 saturated heterocycles. The number of rotatable bonds is 6. The summed E-state index contributed by atoms with van der Waals surface area (Å²) in [6, 6.07) is 15.9. The molecule has 1 amide bonds. The summed E-state index contributed by atoms with van der Waals surface area (Å²) in [6.45, 7) is 4.80. The Kier molecular flexibility index (Phi) is 5.78. The molecule has 0 radical (unpaired) electrons. The van der Waals surface area contributed by atoms with E-state index in [-0.39, 0.29) is 24.4 Å². The molecule has 0 saturated carbocycles. The molecule has 0 bridgehead atoms. The van der Waals surface area contributed by atoms with Crippen LogP contribution in [0, 0.1) is 13.8 Å². The van der Waals surface area contributed by atoms with Crippen molar-refractivity contribution in [1.29, 1.82) is 0 Å². The summed E-state index contributed by atoms with van der Waals surface area (Å²) in [6.07, 6.45) is 1.71. The van der Waals surface area contributed by atoms with Gasteiger partial charge in [-0.05, 0) is 48.1 Å². The number of carbonyl (C=O) groups is 1. The zero-order chi connectivity index (χ0) is 22.9. The van der Waals surface area contributed by atoms with Gasteiger partial charge in [0.2, 0.25) is 5.91 Å². The summed E-state index contributed by atoms with van der Waals surface area (Å²) >= 11 is 2.96. The van der Waals surface area contributed by atoms with Crippen LogP contribution in [-0.2, 0) is 17.9 Å². The first kappa shape index (κ1) is 21.5. The van der Waals surface area contributed by atoms with Gasteiger partial charge in [0.1, 0.15) is 4.83 Å². The number of thiazole rings is 1. The van der Waals surface area contributed by atoms with Gasteiger partial charge in [-0.1, -0.05) is 47.7 Å². The van der Waals surface area contributed by atoms with E-state index in [1.165, 1.54) is 39.1 Å². The second-order valence-electron chi connectivity index (χ2n) is 8.02. The minimum absolute atomic E-state index is 0.0791. The highest BCUT2D eigenvalue weighted by atomic mass is 32.1. The van der Waals surface area contributed by atoms with E-state index < -0.39 is 0 Å². The van der Waals surface area contributed by atoms with Crippen LogP contribution >= 0.6 is 22.7 Å². The summed E-state index contributed by atoms with van der Waals surface area (Å²) in [5, 5.41) is 3.12. The smallest absolute Gasteiger partial charge is 0.262 e. The average molecular weight is 475 g/mol. The van der Waals surface area contributed by atoms with Gasteiger partial charge in [0.05, 0.1) is 28.5 Å². The van der Waals surface area contributed by atoms with E-state index in [9.17, 15) is 9.59 Å². The average Bonchev–Trinajstić information content (AvgIpc) is 3.45. The van der Waals surface area contributed by atoms with E-state index in [1.807, 2.05) is 42.6 Å². The predicted octanol–water partition coefficient (Wildman–Crippen LogP) is 5.31. The van der Waals surface area contributed by atoms with Crippen molar-refractivity contribution in [3.05, 3.63) is 87.3 Å². The first-order chi connectivity index (χ1) is 16.0. The Morgan fingerprint density at radius 1 is 1.12 bits per heavy atom. The van der Waals surface area contributed by atoms with Gasteiger partial charge in [0.15, 0.2) is 5.13 Å². The van der Waals surface area contributed by atoms with E-state index in [0.29, 0.717) is 21.9 Å². The molecule has 0 unspecified atom stereocenters. The number of aryl methyl sites for hydroxylation is 3. The fraction of sp³-hybridized carbons (Fsp3) is 0.200. The topological polar surface area (TPSA) is 68.1 Å². The lowest BCUT2D eigenvalue weighted by atomic mass is 10.1. The van der Waals surface area contributed by atoms with Crippen molar-refractivity contribution in [3.8, 4) is 0 Å². The highest BCUT2D eigenvalue weighted by molar-refractivity contribution is 7.22. The number of carbonyl (C=O) groups excluding carboxylic acids is 1. The number of nitrogens with zero attached hydrogens (tertiary/aromatic N) is 4. The molecular formula is C25H22N4O2S2. The fourth-order valence-corrected chi connectivity index (χ4v) is 5.79. The number of hydrogen-bond acceptors (Lipinski definition) is 6. The highest BCUT2D eigenvalue weighted by Crippen LogP contribution is 2.32. The lowest BCUT2D eigenvalue weighted by Gasteiger charge is -2.20. The minimum Gasteiger partial charge on any atom is -0.298 e. The van der Waals surface area contributed by atoms with Crippen LogP contribution in [0.15, 0.2) is 65.0 Å². The van der Waals surface area contributed by atoms with Gasteiger partial charge >= 0.3 is 0 Å². The Balaban J connectivity index is 1.46. The van der Waals surface area contributed by atoms with E-state index in [2.05, 4.69) is 24.0 Å². The number of amides is 1. The van der Waals surface area contributed by atoms with Crippen molar-refractivity contribution >= 4 is 54.1 Å². The molecule has 166 valence electrons. The van der Waals surface area contributed by atoms with Crippen LogP contribution < -0.4 is 10.5 Å². The predicted molar refractivity (Wildman–Crippen MR) is 135 cm³/mol. The summed E-state index contributed by atoms with van der Waals surface area (Å²) in [7, 11) is 0. The maximum atomic E-state index is 13.4. The Labute approximate surface area is 198 Å². The van der Waals surface area contributed by atoms with Crippen LogP contribution in [0.2, 0.25) is 0 Å². The molecule has 0 atom stereocenters. The third-order valence-corrected chi connectivity index (χ3v) is 7.40. The summed E-state index contributed by atoms with van der Waals surface area (Å²) in [4.78, 5) is 37.8. The third-order valence-electron chi connectivity index (χ3n) is 5.55. The number of aromatic nitrogens is 3. The van der Waals surface area contributed by atoms with Crippen LogP contribution in [0.25, 0.3) is 20.4 Å². The maximum Gasteiger partial charge on any atom is 0.262 e. The molecule has 33 heavy (non-hydrogen) atoms. The molecule has 6 nitrogen and oxygen atoms in total. The van der Waals surface area contributed by atoms with E-state index in [0.717, 1.165) is 21.3 Å². The Hall–Kier alpha value is -3.36. The zero-order valence-electron chi connectivity index (χ0n) is 18.3. The molecule has 0 N–H and O–H groups in total. The molecular weight excluding hydrogens is 452 g/mol. The van der Waals surface area contributed by atoms with Gasteiger partial charge in [-0.15, -0.1) is 11.3 Å². The van der Waals surface area contributed by atoms with Gasteiger partial charge in [0.25, 0.3) is 5.56 Å². The van der Waals surface area contributed by atoms with Crippen LogP contribution in [0.3, 0.4) is 0 Å². The Morgan fingerprint density at radius 3 is 2.76 bits per heavy atom. The minimum atomic E-state index is -0.116. The standard InChI is InChI=1S/C25H22N4O2S2/c1-16-12-17(2)22-20(13-16)33-25(27-22)29(14-18-6-4-3-5-7-18)21(30)8-10-28-15-26-23-19(24(28)31)9-11-32-23/h3-7,9,11-13,15H,8,10,14H2,1-2H3. The Bertz CT molecular complexity index is 1520. The van der Waals surface area contributed by atoms with Crippen molar-refractivity contribution in [1.82, 2.24) is 14.5 Å². The molecule has 3 aromatic heterocycles. The summed E-state index contributed by atoms with van der Waals surface area (Å²) in [5.74, 6) is -0.0791. The lowest BCUT2D eigenvalue weighted by Crippen LogP contribution is -2.32. The van der Waals surface area contributed by atoms with Crippen molar-refractivity contribution in [2.45, 2.75) is 33.4 Å². The van der Waals surface area contributed by atoms with Gasteiger partial charge in [-0.25, -0.2) is 9.97 Å². The second kappa shape index (κ2) is 8.88. The molecule has 2 aromatic carbocycles. The molecule has 0 aliphatic carbocycles. The molecule has 5 aromatic rings. The molecule has 0 aliphatic heterocycles. The van der Waals surface area contributed by atoms with Crippen molar-refractivity contribution in [2.75, 3.05) is 4.90 Å². The first-order valence-corrected chi connectivity index (χ1v) is 12.3. The monoisotopic (exact) mass is 474 g/mol. The fourth-order valence-electron chi connectivity index (χ4n) is 3.91. The van der Waals surface area contributed by atoms with E-state index in [4.69, 9.17) is 4.98 Å².